The first kappa shape index (κ1) is 12.8. The molecule has 2 aliphatic rings. The highest BCUT2D eigenvalue weighted by atomic mass is 16.6. The van der Waals surface area contributed by atoms with Crippen LogP contribution in [0, 0.1) is 27.4 Å². The molecule has 0 saturated heterocycles. The lowest BCUT2D eigenvalue weighted by Gasteiger charge is -2.48. The zero-order valence-corrected chi connectivity index (χ0v) is 10.2. The molecule has 1 saturated carbocycles. The Balaban J connectivity index is 2.16. The summed E-state index contributed by atoms with van der Waals surface area (Å²) in [6, 6.07) is 0. The third-order valence-corrected chi connectivity index (χ3v) is 4.18. The van der Waals surface area contributed by atoms with Gasteiger partial charge in [0, 0.05) is 4.92 Å². The molecule has 1 N–H and O–H groups in total. The van der Waals surface area contributed by atoms with Gasteiger partial charge < -0.3 is 5.11 Å². The van der Waals surface area contributed by atoms with Crippen LogP contribution in [0.2, 0.25) is 0 Å². The molecule has 2 rings (SSSR count). The number of carboxylic acid groups (broad SMARTS) is 1. The summed E-state index contributed by atoms with van der Waals surface area (Å²) in [5.41, 5.74) is 0.582. The Kier molecular flexibility index (Phi) is 3.24. The van der Waals surface area contributed by atoms with E-state index in [0.29, 0.717) is 12.3 Å². The molecule has 0 amide bonds. The minimum Gasteiger partial charge on any atom is -0.481 e. The highest BCUT2D eigenvalue weighted by Crippen LogP contribution is 2.60. The zero-order valence-electron chi connectivity index (χ0n) is 10.2. The molecule has 5 nitrogen and oxygen atoms in total. The fourth-order valence-corrected chi connectivity index (χ4v) is 3.61. The Morgan fingerprint density at radius 1 is 1.72 bits per heavy atom. The number of carbonyl (C=O) groups is 1. The molecule has 0 radical (unpaired) electrons. The minimum absolute atomic E-state index is 0.0638. The molecule has 0 aromatic rings. The summed E-state index contributed by atoms with van der Waals surface area (Å²) in [7, 11) is 0. The highest BCUT2D eigenvalue weighted by Gasteiger charge is 2.58. The molecule has 2 aliphatic carbocycles. The van der Waals surface area contributed by atoms with Crippen LogP contribution in [0.25, 0.3) is 0 Å². The number of nitrogens with zero attached hydrogens (tertiary/aromatic N) is 1. The van der Waals surface area contributed by atoms with Crippen molar-refractivity contribution in [2.45, 2.75) is 25.7 Å². The molecule has 0 bridgehead atoms. The van der Waals surface area contributed by atoms with Gasteiger partial charge in [-0.2, -0.15) is 0 Å². The van der Waals surface area contributed by atoms with E-state index in [1.54, 1.807) is 0 Å². The summed E-state index contributed by atoms with van der Waals surface area (Å²) in [6.45, 7) is 3.45. The van der Waals surface area contributed by atoms with Crippen LogP contribution in [0.15, 0.2) is 24.3 Å². The van der Waals surface area contributed by atoms with Gasteiger partial charge in [0.05, 0.1) is 11.8 Å². The Hall–Kier alpha value is -1.65. The van der Waals surface area contributed by atoms with Crippen LogP contribution in [0.4, 0.5) is 0 Å². The van der Waals surface area contributed by atoms with E-state index in [9.17, 15) is 14.9 Å². The molecule has 0 aromatic carbocycles. The summed E-state index contributed by atoms with van der Waals surface area (Å²) < 4.78 is 0. The fourth-order valence-electron chi connectivity index (χ4n) is 3.61. The second-order valence-electron chi connectivity index (χ2n) is 5.44. The van der Waals surface area contributed by atoms with Crippen LogP contribution in [-0.2, 0) is 4.79 Å². The number of rotatable bonds is 6. The Morgan fingerprint density at radius 3 is 3.00 bits per heavy atom. The average Bonchev–Trinajstić information content (AvgIpc) is 2.55. The molecular weight excluding hydrogens is 234 g/mol. The summed E-state index contributed by atoms with van der Waals surface area (Å²) in [6.07, 6.45) is 6.17. The monoisotopic (exact) mass is 251 g/mol. The second-order valence-corrected chi connectivity index (χ2v) is 5.44. The number of nitro groups is 1. The summed E-state index contributed by atoms with van der Waals surface area (Å²) in [5.74, 6) is -0.478. The average molecular weight is 251 g/mol. The van der Waals surface area contributed by atoms with Crippen molar-refractivity contribution < 1.29 is 14.8 Å². The smallest absolute Gasteiger partial charge is 0.304 e. The summed E-state index contributed by atoms with van der Waals surface area (Å²) in [4.78, 5) is 21.3. The lowest BCUT2D eigenvalue weighted by atomic mass is 9.53. The Labute approximate surface area is 105 Å². The molecule has 0 unspecified atom stereocenters. The van der Waals surface area contributed by atoms with Gasteiger partial charge in [0.1, 0.15) is 0 Å². The number of hydrogen-bond donors (Lipinski definition) is 1. The largest absolute Gasteiger partial charge is 0.481 e. The van der Waals surface area contributed by atoms with E-state index in [0.717, 1.165) is 12.8 Å². The maximum atomic E-state index is 10.9. The third kappa shape index (κ3) is 2.17. The maximum absolute atomic E-state index is 10.9. The predicted octanol–water partition coefficient (Wildman–Crippen LogP) is 2.27. The summed E-state index contributed by atoms with van der Waals surface area (Å²) in [5, 5.41) is 19.7. The van der Waals surface area contributed by atoms with Crippen LogP contribution in [-0.4, -0.2) is 22.5 Å². The van der Waals surface area contributed by atoms with Crippen molar-refractivity contribution in [1.82, 2.24) is 0 Å². The van der Waals surface area contributed by atoms with E-state index < -0.39 is 11.4 Å². The third-order valence-electron chi connectivity index (χ3n) is 4.18. The molecule has 18 heavy (non-hydrogen) atoms. The number of allylic oxidation sites excluding steroid dienone is 3. The Morgan fingerprint density at radius 2 is 2.44 bits per heavy atom. The van der Waals surface area contributed by atoms with Gasteiger partial charge in [-0.25, -0.2) is 0 Å². The standard InChI is InChI=1S/C13H17NO4/c1-2-3-9-4-10-6-13(7-12(15)16,8-14(17)18)11(10)5-9/h2,5,10-11H,1,3-4,6-8H2,(H,15,16)/t10-,11+,13+/m1/s1. The first-order valence-corrected chi connectivity index (χ1v) is 6.11. The van der Waals surface area contributed by atoms with E-state index in [-0.39, 0.29) is 23.8 Å². The quantitative estimate of drug-likeness (QED) is 0.446. The first-order valence-electron chi connectivity index (χ1n) is 6.11. The SMILES string of the molecule is C=CCC1=C[C@H]2[C@H](C1)C[C@]2(CC(=O)O)C[N+](=O)[O-]. The van der Waals surface area contributed by atoms with Crippen molar-refractivity contribution in [1.29, 1.82) is 0 Å². The summed E-state index contributed by atoms with van der Waals surface area (Å²) >= 11 is 0. The molecule has 0 aliphatic heterocycles. The molecule has 3 atom stereocenters. The van der Waals surface area contributed by atoms with Gasteiger partial charge in [-0.15, -0.1) is 6.58 Å². The van der Waals surface area contributed by atoms with Crippen molar-refractivity contribution in [3.63, 3.8) is 0 Å². The number of fused-ring (bicyclic) bond motifs is 1. The van der Waals surface area contributed by atoms with Crippen molar-refractivity contribution in [2.24, 2.45) is 17.3 Å². The molecule has 0 heterocycles. The van der Waals surface area contributed by atoms with Gasteiger partial charge in [-0.05, 0) is 31.1 Å². The number of hydrogen-bond acceptors (Lipinski definition) is 3. The van der Waals surface area contributed by atoms with E-state index in [2.05, 4.69) is 12.7 Å². The number of carboxylic acids is 1. The zero-order chi connectivity index (χ0) is 13.3. The van der Waals surface area contributed by atoms with Gasteiger partial charge in [-0.3, -0.25) is 14.9 Å². The lowest BCUT2D eigenvalue weighted by molar-refractivity contribution is -0.505. The van der Waals surface area contributed by atoms with Gasteiger partial charge >= 0.3 is 5.97 Å². The topological polar surface area (TPSA) is 80.4 Å². The van der Waals surface area contributed by atoms with E-state index in [4.69, 9.17) is 5.11 Å². The molecule has 98 valence electrons. The van der Waals surface area contributed by atoms with Gasteiger partial charge in [-0.1, -0.05) is 17.7 Å². The number of aliphatic carboxylic acids is 1. The van der Waals surface area contributed by atoms with Crippen molar-refractivity contribution in [3.05, 3.63) is 34.4 Å². The lowest BCUT2D eigenvalue weighted by Crippen LogP contribution is -2.50. The van der Waals surface area contributed by atoms with Crippen molar-refractivity contribution >= 4 is 5.97 Å². The fraction of sp³-hybridized carbons (Fsp3) is 0.615. The molecule has 0 spiro atoms. The van der Waals surface area contributed by atoms with Gasteiger partial charge in [0.15, 0.2) is 0 Å². The highest BCUT2D eigenvalue weighted by molar-refractivity contribution is 5.68. The molecule has 0 aromatic heterocycles. The normalized spacial score (nSPS) is 33.2. The van der Waals surface area contributed by atoms with E-state index >= 15 is 0 Å². The van der Waals surface area contributed by atoms with Gasteiger partial charge in [0.25, 0.3) is 0 Å². The Bertz CT molecular complexity index is 411. The van der Waals surface area contributed by atoms with Gasteiger partial charge in [0.2, 0.25) is 6.54 Å². The van der Waals surface area contributed by atoms with Crippen molar-refractivity contribution in [2.75, 3.05) is 6.54 Å². The van der Waals surface area contributed by atoms with E-state index in [1.165, 1.54) is 5.57 Å². The van der Waals surface area contributed by atoms with Crippen LogP contribution in [0.5, 0.6) is 0 Å². The van der Waals surface area contributed by atoms with Crippen molar-refractivity contribution in [3.8, 4) is 0 Å². The van der Waals surface area contributed by atoms with Crippen LogP contribution in [0.1, 0.15) is 25.7 Å². The second kappa shape index (κ2) is 4.55. The van der Waals surface area contributed by atoms with E-state index in [1.807, 2.05) is 6.08 Å². The molecule has 1 fully saturated rings. The minimum atomic E-state index is -0.944. The van der Waals surface area contributed by atoms with Crippen LogP contribution < -0.4 is 0 Å². The predicted molar refractivity (Wildman–Crippen MR) is 65.7 cm³/mol. The van der Waals surface area contributed by atoms with Crippen LogP contribution in [0.3, 0.4) is 0 Å². The molecule has 5 heteroatoms. The van der Waals surface area contributed by atoms with Crippen LogP contribution >= 0.6 is 0 Å². The maximum Gasteiger partial charge on any atom is 0.304 e. The molecular formula is C13H17NO4. The first-order chi connectivity index (χ1) is 8.47.